The van der Waals surface area contributed by atoms with Gasteiger partial charge < -0.3 is 10.1 Å². The number of halogens is 1. The molecular weight excluding hydrogens is 256 g/mol. The molecule has 2 rings (SSSR count). The molecule has 1 heterocycles. The summed E-state index contributed by atoms with van der Waals surface area (Å²) in [4.78, 5) is 10.6. The minimum atomic E-state index is -0.451. The summed E-state index contributed by atoms with van der Waals surface area (Å²) in [5, 5.41) is 14.4. The van der Waals surface area contributed by atoms with Gasteiger partial charge in [0.25, 0.3) is 0 Å². The molecule has 0 radical (unpaired) electrons. The van der Waals surface area contributed by atoms with Gasteiger partial charge in [0.2, 0.25) is 0 Å². The highest BCUT2D eigenvalue weighted by molar-refractivity contribution is 6.33. The molecule has 1 aliphatic rings. The molecule has 1 aromatic carbocycles. The van der Waals surface area contributed by atoms with Gasteiger partial charge in [0.15, 0.2) is 0 Å². The van der Waals surface area contributed by atoms with Gasteiger partial charge in [0, 0.05) is 12.6 Å². The van der Waals surface area contributed by atoms with Gasteiger partial charge in [-0.2, -0.15) is 0 Å². The predicted molar refractivity (Wildman–Crippen MR) is 70.2 cm³/mol. The molecule has 1 saturated heterocycles. The molecule has 0 bridgehead atoms. The molecule has 2 atom stereocenters. The lowest BCUT2D eigenvalue weighted by Gasteiger charge is -2.28. The minimum absolute atomic E-state index is 0.0571. The average molecular weight is 271 g/mol. The number of para-hydroxylation sites is 1. The van der Waals surface area contributed by atoms with Crippen LogP contribution in [0.2, 0.25) is 5.02 Å². The van der Waals surface area contributed by atoms with E-state index in [1.165, 1.54) is 6.07 Å². The standard InChI is InChI=1S/C12H15ClN2O3/c1-8-7-9(5-6-18-8)14-11-4-2-3-10(13)12(11)15(16)17/h2-4,8-9,14H,5-7H2,1H3. The van der Waals surface area contributed by atoms with E-state index in [2.05, 4.69) is 5.32 Å². The highest BCUT2D eigenvalue weighted by atomic mass is 35.5. The maximum Gasteiger partial charge on any atom is 0.310 e. The van der Waals surface area contributed by atoms with Gasteiger partial charge in [-0.15, -0.1) is 0 Å². The Labute approximate surface area is 110 Å². The van der Waals surface area contributed by atoms with Gasteiger partial charge in [-0.3, -0.25) is 10.1 Å². The lowest BCUT2D eigenvalue weighted by molar-refractivity contribution is -0.383. The molecule has 2 unspecified atom stereocenters. The number of benzene rings is 1. The van der Waals surface area contributed by atoms with E-state index in [0.717, 1.165) is 12.8 Å². The van der Waals surface area contributed by atoms with Crippen molar-refractivity contribution in [3.63, 3.8) is 0 Å². The maximum atomic E-state index is 11.0. The third-order valence-corrected chi connectivity index (χ3v) is 3.32. The van der Waals surface area contributed by atoms with Crippen LogP contribution in [0, 0.1) is 10.1 Å². The van der Waals surface area contributed by atoms with E-state index in [1.807, 2.05) is 6.92 Å². The topological polar surface area (TPSA) is 64.4 Å². The lowest BCUT2D eigenvalue weighted by atomic mass is 10.0. The van der Waals surface area contributed by atoms with Crippen LogP contribution in [-0.2, 0) is 4.74 Å². The number of nitrogens with one attached hydrogen (secondary N) is 1. The average Bonchev–Trinajstić information content (AvgIpc) is 2.28. The van der Waals surface area contributed by atoms with Crippen LogP contribution < -0.4 is 5.32 Å². The monoisotopic (exact) mass is 270 g/mol. The van der Waals surface area contributed by atoms with Crippen molar-refractivity contribution in [3.8, 4) is 0 Å². The summed E-state index contributed by atoms with van der Waals surface area (Å²) in [7, 11) is 0. The fourth-order valence-electron chi connectivity index (χ4n) is 2.17. The molecule has 1 aliphatic heterocycles. The van der Waals surface area contributed by atoms with E-state index in [4.69, 9.17) is 16.3 Å². The van der Waals surface area contributed by atoms with Crippen molar-refractivity contribution < 1.29 is 9.66 Å². The predicted octanol–water partition coefficient (Wildman–Crippen LogP) is 3.23. The van der Waals surface area contributed by atoms with Gasteiger partial charge in [-0.05, 0) is 31.9 Å². The van der Waals surface area contributed by atoms with Crippen LogP contribution in [-0.4, -0.2) is 23.7 Å². The first-order chi connectivity index (χ1) is 8.58. The van der Waals surface area contributed by atoms with Gasteiger partial charge in [0.1, 0.15) is 10.7 Å². The molecule has 6 heteroatoms. The van der Waals surface area contributed by atoms with Gasteiger partial charge in [-0.1, -0.05) is 17.7 Å². The van der Waals surface area contributed by atoms with Crippen molar-refractivity contribution in [2.75, 3.05) is 11.9 Å². The van der Waals surface area contributed by atoms with Crippen LogP contribution in [0.1, 0.15) is 19.8 Å². The zero-order chi connectivity index (χ0) is 13.1. The molecule has 18 heavy (non-hydrogen) atoms. The van der Waals surface area contributed by atoms with Gasteiger partial charge in [0.05, 0.1) is 11.0 Å². The zero-order valence-electron chi connectivity index (χ0n) is 10.1. The van der Waals surface area contributed by atoms with Crippen molar-refractivity contribution in [2.24, 2.45) is 0 Å². The van der Waals surface area contributed by atoms with Gasteiger partial charge in [-0.25, -0.2) is 0 Å². The molecule has 0 amide bonds. The Morgan fingerprint density at radius 3 is 3.00 bits per heavy atom. The highest BCUT2D eigenvalue weighted by Crippen LogP contribution is 2.33. The Morgan fingerprint density at radius 1 is 1.56 bits per heavy atom. The zero-order valence-corrected chi connectivity index (χ0v) is 10.8. The molecule has 0 spiro atoms. The van der Waals surface area contributed by atoms with E-state index < -0.39 is 4.92 Å². The second-order valence-corrected chi connectivity index (χ2v) is 4.85. The Kier molecular flexibility index (Phi) is 4.04. The van der Waals surface area contributed by atoms with Crippen molar-refractivity contribution in [1.82, 2.24) is 0 Å². The van der Waals surface area contributed by atoms with Crippen molar-refractivity contribution in [2.45, 2.75) is 31.9 Å². The molecule has 0 saturated carbocycles. The maximum absolute atomic E-state index is 11.0. The number of rotatable bonds is 3. The number of hydrogen-bond acceptors (Lipinski definition) is 4. The largest absolute Gasteiger partial charge is 0.378 e. The number of nitrogens with zero attached hydrogens (tertiary/aromatic N) is 1. The summed E-state index contributed by atoms with van der Waals surface area (Å²) in [5.41, 5.74) is 0.421. The van der Waals surface area contributed by atoms with Crippen LogP contribution >= 0.6 is 11.6 Å². The van der Waals surface area contributed by atoms with E-state index in [9.17, 15) is 10.1 Å². The highest BCUT2D eigenvalue weighted by Gasteiger charge is 2.24. The third-order valence-electron chi connectivity index (χ3n) is 3.01. The minimum Gasteiger partial charge on any atom is -0.378 e. The Bertz CT molecular complexity index is 453. The van der Waals surface area contributed by atoms with Crippen LogP contribution in [0.25, 0.3) is 0 Å². The summed E-state index contributed by atoms with van der Waals surface area (Å²) in [6.45, 7) is 2.67. The van der Waals surface area contributed by atoms with Crippen molar-refractivity contribution in [1.29, 1.82) is 0 Å². The molecule has 0 aromatic heterocycles. The fraction of sp³-hybridized carbons (Fsp3) is 0.500. The van der Waals surface area contributed by atoms with Crippen LogP contribution in [0.15, 0.2) is 18.2 Å². The first-order valence-corrected chi connectivity index (χ1v) is 6.26. The summed E-state index contributed by atoms with van der Waals surface area (Å²) < 4.78 is 5.45. The lowest BCUT2D eigenvalue weighted by Crippen LogP contribution is -2.32. The fourth-order valence-corrected chi connectivity index (χ4v) is 2.41. The SMILES string of the molecule is CC1CC(Nc2cccc(Cl)c2[N+](=O)[O-])CCO1. The second-order valence-electron chi connectivity index (χ2n) is 4.44. The number of nitro groups is 1. The summed E-state index contributed by atoms with van der Waals surface area (Å²) in [6.07, 6.45) is 1.85. The molecule has 1 N–H and O–H groups in total. The number of hydrogen-bond donors (Lipinski definition) is 1. The normalized spacial score (nSPS) is 23.7. The van der Waals surface area contributed by atoms with Crippen LogP contribution in [0.4, 0.5) is 11.4 Å². The third kappa shape index (κ3) is 2.91. The smallest absolute Gasteiger partial charge is 0.310 e. The summed E-state index contributed by atoms with van der Waals surface area (Å²) in [5.74, 6) is 0. The molecule has 1 aromatic rings. The molecule has 1 fully saturated rings. The van der Waals surface area contributed by atoms with Crippen LogP contribution in [0.3, 0.4) is 0 Å². The van der Waals surface area contributed by atoms with E-state index in [1.54, 1.807) is 12.1 Å². The molecular formula is C12H15ClN2O3. The molecule has 5 nitrogen and oxygen atoms in total. The summed E-state index contributed by atoms with van der Waals surface area (Å²) >= 11 is 5.86. The van der Waals surface area contributed by atoms with Crippen LogP contribution in [0.5, 0.6) is 0 Å². The van der Waals surface area contributed by atoms with E-state index >= 15 is 0 Å². The molecule has 0 aliphatic carbocycles. The number of nitro benzene ring substituents is 1. The Morgan fingerprint density at radius 2 is 2.33 bits per heavy atom. The first-order valence-electron chi connectivity index (χ1n) is 5.89. The summed E-state index contributed by atoms with van der Waals surface area (Å²) in [6, 6.07) is 5.10. The Hall–Kier alpha value is -1.33. The van der Waals surface area contributed by atoms with Crippen molar-refractivity contribution in [3.05, 3.63) is 33.3 Å². The molecule has 98 valence electrons. The van der Waals surface area contributed by atoms with Crippen molar-refractivity contribution >= 4 is 23.0 Å². The van der Waals surface area contributed by atoms with E-state index in [-0.39, 0.29) is 22.9 Å². The quantitative estimate of drug-likeness (QED) is 0.676. The second kappa shape index (κ2) is 5.54. The Balaban J connectivity index is 2.18. The number of anilines is 1. The van der Waals surface area contributed by atoms with Gasteiger partial charge >= 0.3 is 5.69 Å². The van der Waals surface area contributed by atoms with E-state index in [0.29, 0.717) is 12.3 Å². The number of ether oxygens (including phenoxy) is 1. The first kappa shape index (κ1) is 13.1.